The summed E-state index contributed by atoms with van der Waals surface area (Å²) in [5.74, 6) is 0.883. The highest BCUT2D eigenvalue weighted by Crippen LogP contribution is 2.40. The van der Waals surface area contributed by atoms with Gasteiger partial charge in [-0.1, -0.05) is 44.2 Å². The Hall–Kier alpha value is -5.42. The van der Waals surface area contributed by atoms with E-state index in [1.54, 1.807) is 27.2 Å². The van der Waals surface area contributed by atoms with Gasteiger partial charge in [-0.3, -0.25) is 5.10 Å². The van der Waals surface area contributed by atoms with Gasteiger partial charge in [0.2, 0.25) is 0 Å². The van der Waals surface area contributed by atoms with Crippen molar-refractivity contribution in [2.75, 3.05) is 0 Å². The van der Waals surface area contributed by atoms with E-state index in [-0.39, 0.29) is 5.92 Å². The molecule has 11 heteroatoms. The molecule has 4 aromatic heterocycles. The molecule has 6 aromatic rings. The number of hydrogen-bond donors (Lipinski definition) is 1. The SMILES string of the molecule is CC(C)c1nc2c(N=Nc3ccc4nnc5c(C#N)cnn5c4c3)c(-c3ccccc3)c(C#N)n2[nH]1. The summed E-state index contributed by atoms with van der Waals surface area (Å²) in [7, 11) is 0. The molecule has 0 radical (unpaired) electrons. The molecule has 0 aliphatic heterocycles. The van der Waals surface area contributed by atoms with Gasteiger partial charge in [-0.15, -0.1) is 15.3 Å². The monoisotopic (exact) mass is 471 g/mol. The Kier molecular flexibility index (Phi) is 4.76. The van der Waals surface area contributed by atoms with E-state index < -0.39 is 0 Å². The van der Waals surface area contributed by atoms with Gasteiger partial charge in [-0.25, -0.2) is 14.0 Å². The van der Waals surface area contributed by atoms with Gasteiger partial charge in [0.1, 0.15) is 34.7 Å². The van der Waals surface area contributed by atoms with Crippen LogP contribution in [0.5, 0.6) is 0 Å². The topological polar surface area (TPSA) is 148 Å². The summed E-state index contributed by atoms with van der Waals surface area (Å²) in [6, 6.07) is 19.3. The minimum Gasteiger partial charge on any atom is -0.278 e. The van der Waals surface area contributed by atoms with Gasteiger partial charge in [0.15, 0.2) is 17.0 Å². The zero-order chi connectivity index (χ0) is 24.8. The van der Waals surface area contributed by atoms with Gasteiger partial charge >= 0.3 is 0 Å². The summed E-state index contributed by atoms with van der Waals surface area (Å²) in [6.45, 7) is 4.05. The van der Waals surface area contributed by atoms with E-state index in [1.807, 2.05) is 44.2 Å². The number of H-pyrrole nitrogens is 1. The Morgan fingerprint density at radius 2 is 1.81 bits per heavy atom. The predicted octanol–water partition coefficient (Wildman–Crippen LogP) is 5.20. The van der Waals surface area contributed by atoms with Crippen molar-refractivity contribution in [2.24, 2.45) is 10.2 Å². The van der Waals surface area contributed by atoms with Crippen molar-refractivity contribution in [3.8, 4) is 23.3 Å². The number of nitriles is 2. The van der Waals surface area contributed by atoms with Gasteiger partial charge in [-0.05, 0) is 23.8 Å². The highest BCUT2D eigenvalue weighted by atomic mass is 15.3. The molecule has 0 aliphatic rings. The molecular formula is C25H17N11. The van der Waals surface area contributed by atoms with Crippen LogP contribution in [0.4, 0.5) is 11.4 Å². The molecule has 4 heterocycles. The van der Waals surface area contributed by atoms with Crippen molar-refractivity contribution < 1.29 is 0 Å². The zero-order valence-electron chi connectivity index (χ0n) is 19.2. The maximum absolute atomic E-state index is 10.0. The number of fused-ring (bicyclic) bond motifs is 4. The highest BCUT2D eigenvalue weighted by molar-refractivity contribution is 5.90. The molecule has 0 fully saturated rings. The summed E-state index contributed by atoms with van der Waals surface area (Å²) in [5.41, 5.74) is 5.40. The number of aromatic nitrogens is 7. The molecule has 0 unspecified atom stereocenters. The average Bonchev–Trinajstić information content (AvgIpc) is 3.60. The fourth-order valence-corrected chi connectivity index (χ4v) is 4.08. The van der Waals surface area contributed by atoms with Crippen molar-refractivity contribution in [1.29, 1.82) is 10.5 Å². The standard InChI is InChI=1S/C25H17N11/c1-14(2)23-29-25-22(21(15-6-4-3-5-7-15)20(12-27)36(25)34-23)32-30-17-8-9-18-19(10-17)35-24(33-31-18)16(11-26)13-28-35/h3-10,13-14H,1-2H3,(H,29,34). The maximum atomic E-state index is 10.0. The number of azo groups is 1. The third kappa shape index (κ3) is 3.19. The molecule has 0 amide bonds. The third-order valence-electron chi connectivity index (χ3n) is 5.86. The van der Waals surface area contributed by atoms with Gasteiger partial charge in [-0.2, -0.15) is 20.7 Å². The number of hydrogen-bond acceptors (Lipinski definition) is 8. The molecule has 0 bridgehead atoms. The van der Waals surface area contributed by atoms with Crippen LogP contribution in [0.15, 0.2) is 65.0 Å². The van der Waals surface area contributed by atoms with Crippen LogP contribution in [-0.4, -0.2) is 34.4 Å². The summed E-state index contributed by atoms with van der Waals surface area (Å²) in [6.07, 6.45) is 1.45. The van der Waals surface area contributed by atoms with Crippen molar-refractivity contribution in [2.45, 2.75) is 19.8 Å². The van der Waals surface area contributed by atoms with Crippen LogP contribution in [0.25, 0.3) is 33.5 Å². The minimum absolute atomic E-state index is 0.137. The number of benzene rings is 2. The number of rotatable bonds is 4. The number of nitrogens with zero attached hydrogens (tertiary/aromatic N) is 10. The van der Waals surface area contributed by atoms with Gasteiger partial charge in [0, 0.05) is 11.5 Å². The maximum Gasteiger partial charge on any atom is 0.195 e. The molecule has 0 atom stereocenters. The van der Waals surface area contributed by atoms with E-state index in [0.29, 0.717) is 50.5 Å². The third-order valence-corrected chi connectivity index (χ3v) is 5.86. The fraction of sp³-hybridized carbons (Fsp3) is 0.120. The lowest BCUT2D eigenvalue weighted by atomic mass is 10.1. The quantitative estimate of drug-likeness (QED) is 0.349. The van der Waals surface area contributed by atoms with Crippen molar-refractivity contribution in [3.63, 3.8) is 0 Å². The Labute approximate surface area is 204 Å². The molecule has 0 saturated carbocycles. The summed E-state index contributed by atoms with van der Waals surface area (Å²) in [4.78, 5) is 4.72. The number of nitrogens with one attached hydrogen (secondary N) is 1. The first-order chi connectivity index (χ1) is 17.6. The Morgan fingerprint density at radius 3 is 2.56 bits per heavy atom. The van der Waals surface area contributed by atoms with Crippen molar-refractivity contribution in [3.05, 3.63) is 71.8 Å². The average molecular weight is 471 g/mol. The summed E-state index contributed by atoms with van der Waals surface area (Å²) >= 11 is 0. The largest absolute Gasteiger partial charge is 0.278 e. The normalized spacial score (nSPS) is 11.7. The molecule has 0 spiro atoms. The molecular weight excluding hydrogens is 454 g/mol. The van der Waals surface area contributed by atoms with Gasteiger partial charge < -0.3 is 0 Å². The lowest BCUT2D eigenvalue weighted by Crippen LogP contribution is -1.96. The van der Waals surface area contributed by atoms with Crippen molar-refractivity contribution >= 4 is 33.7 Å². The Morgan fingerprint density at radius 1 is 0.972 bits per heavy atom. The van der Waals surface area contributed by atoms with Crippen molar-refractivity contribution in [1.82, 2.24) is 34.4 Å². The van der Waals surface area contributed by atoms with Crippen LogP contribution in [0.3, 0.4) is 0 Å². The second-order valence-electron chi connectivity index (χ2n) is 8.45. The molecule has 11 nitrogen and oxygen atoms in total. The van der Waals surface area contributed by atoms with Crippen LogP contribution >= 0.6 is 0 Å². The number of aromatic amines is 1. The van der Waals surface area contributed by atoms with E-state index in [4.69, 9.17) is 4.98 Å². The summed E-state index contributed by atoms with van der Waals surface area (Å²) in [5, 5.41) is 44.2. The Balaban J connectivity index is 1.55. The van der Waals surface area contributed by atoms with E-state index in [2.05, 4.69) is 42.8 Å². The molecule has 2 aromatic carbocycles. The van der Waals surface area contributed by atoms with Crippen LogP contribution in [-0.2, 0) is 0 Å². The first-order valence-corrected chi connectivity index (χ1v) is 11.1. The zero-order valence-corrected chi connectivity index (χ0v) is 19.2. The van der Waals surface area contributed by atoms with Crippen LogP contribution in [0.2, 0.25) is 0 Å². The molecule has 0 aliphatic carbocycles. The van der Waals surface area contributed by atoms with Gasteiger partial charge in [0.25, 0.3) is 0 Å². The second kappa shape index (κ2) is 8.11. The first-order valence-electron chi connectivity index (χ1n) is 11.1. The second-order valence-corrected chi connectivity index (χ2v) is 8.45. The van der Waals surface area contributed by atoms with Crippen LogP contribution < -0.4 is 0 Å². The first kappa shape index (κ1) is 21.1. The molecule has 1 N–H and O–H groups in total. The van der Waals surface area contributed by atoms with E-state index in [0.717, 1.165) is 11.4 Å². The van der Waals surface area contributed by atoms with E-state index in [1.165, 1.54) is 6.20 Å². The lowest BCUT2D eigenvalue weighted by molar-refractivity contribution is 0.764. The van der Waals surface area contributed by atoms with Crippen LogP contribution in [0.1, 0.15) is 36.8 Å². The predicted molar refractivity (Wildman–Crippen MR) is 131 cm³/mol. The summed E-state index contributed by atoms with van der Waals surface area (Å²) < 4.78 is 3.22. The molecule has 6 rings (SSSR count). The Bertz CT molecular complexity index is 1890. The minimum atomic E-state index is 0.137. The fourth-order valence-electron chi connectivity index (χ4n) is 4.08. The van der Waals surface area contributed by atoms with E-state index in [9.17, 15) is 10.5 Å². The molecule has 0 saturated heterocycles. The smallest absolute Gasteiger partial charge is 0.195 e. The lowest BCUT2D eigenvalue weighted by Gasteiger charge is -2.03. The molecule has 36 heavy (non-hydrogen) atoms. The van der Waals surface area contributed by atoms with E-state index >= 15 is 0 Å². The van der Waals surface area contributed by atoms with Gasteiger partial charge in [0.05, 0.1) is 17.4 Å². The molecule has 172 valence electrons. The van der Waals surface area contributed by atoms with Crippen LogP contribution in [0, 0.1) is 22.7 Å². The highest BCUT2D eigenvalue weighted by Gasteiger charge is 2.24.